The second-order valence-corrected chi connectivity index (χ2v) is 11.1. The van der Waals surface area contributed by atoms with Crippen LogP contribution in [0.5, 0.6) is 0 Å². The van der Waals surface area contributed by atoms with Gasteiger partial charge in [-0.15, -0.1) is 24.9 Å². The van der Waals surface area contributed by atoms with Crippen molar-refractivity contribution < 1.29 is 24.2 Å². The topological polar surface area (TPSA) is 87.1 Å². The SMILES string of the molecule is C=CCCCOC(=O)[C@@H]1[C@H]2C(=O)N(CCCCO)C(C(=O)N(CC=C)CCCC)C23CC[C@H]1S3. The average Bonchev–Trinajstić information content (AvgIpc) is 3.47. The molecule has 0 aliphatic carbocycles. The van der Waals surface area contributed by atoms with Crippen LogP contribution in [0.4, 0.5) is 0 Å². The molecule has 0 saturated carbocycles. The predicted octanol–water partition coefficient (Wildman–Crippen LogP) is 3.17. The number of aliphatic hydroxyl groups excluding tert-OH is 1. The molecule has 0 aromatic carbocycles. The van der Waals surface area contributed by atoms with Gasteiger partial charge in [0.25, 0.3) is 0 Å². The summed E-state index contributed by atoms with van der Waals surface area (Å²) < 4.78 is 5.00. The third kappa shape index (κ3) is 5.08. The van der Waals surface area contributed by atoms with Gasteiger partial charge in [-0.2, -0.15) is 0 Å². The number of esters is 1. The molecule has 1 spiro atoms. The van der Waals surface area contributed by atoms with Crippen molar-refractivity contribution in [2.75, 3.05) is 32.8 Å². The Morgan fingerprint density at radius 1 is 1.26 bits per heavy atom. The number of hydrogen-bond donors (Lipinski definition) is 1. The van der Waals surface area contributed by atoms with Crippen LogP contribution in [0.15, 0.2) is 25.3 Å². The van der Waals surface area contributed by atoms with Gasteiger partial charge in [-0.1, -0.05) is 25.5 Å². The zero-order valence-electron chi connectivity index (χ0n) is 20.5. The molecule has 0 aromatic rings. The molecule has 190 valence electrons. The third-order valence-corrected chi connectivity index (χ3v) is 9.30. The minimum Gasteiger partial charge on any atom is -0.465 e. The number of thioether (sulfide) groups is 1. The summed E-state index contributed by atoms with van der Waals surface area (Å²) in [6, 6.07) is -0.589. The number of fused-ring (bicyclic) bond motifs is 1. The molecule has 0 radical (unpaired) electrons. The molecule has 3 aliphatic heterocycles. The largest absolute Gasteiger partial charge is 0.465 e. The number of carbonyl (C=O) groups is 3. The van der Waals surface area contributed by atoms with Crippen LogP contribution in [0.25, 0.3) is 0 Å². The second kappa shape index (κ2) is 12.2. The van der Waals surface area contributed by atoms with E-state index in [1.54, 1.807) is 28.8 Å². The predicted molar refractivity (Wildman–Crippen MR) is 134 cm³/mol. The van der Waals surface area contributed by atoms with E-state index in [-0.39, 0.29) is 29.6 Å². The van der Waals surface area contributed by atoms with Gasteiger partial charge in [0, 0.05) is 31.5 Å². The second-order valence-electron chi connectivity index (χ2n) is 9.54. The molecule has 8 heteroatoms. The first-order chi connectivity index (χ1) is 16.5. The van der Waals surface area contributed by atoms with Crippen molar-refractivity contribution in [3.8, 4) is 0 Å². The van der Waals surface area contributed by atoms with Gasteiger partial charge >= 0.3 is 5.97 Å². The van der Waals surface area contributed by atoms with Crippen molar-refractivity contribution in [2.45, 2.75) is 74.3 Å². The molecular weight excluding hydrogens is 452 g/mol. The van der Waals surface area contributed by atoms with Gasteiger partial charge in [0.2, 0.25) is 11.8 Å². The number of likely N-dealkylation sites (tertiary alicyclic amines) is 1. The van der Waals surface area contributed by atoms with Crippen LogP contribution in [0.3, 0.4) is 0 Å². The summed E-state index contributed by atoms with van der Waals surface area (Å²) >= 11 is 1.67. The van der Waals surface area contributed by atoms with E-state index in [2.05, 4.69) is 20.1 Å². The van der Waals surface area contributed by atoms with Gasteiger partial charge in [0.05, 0.1) is 23.2 Å². The third-order valence-electron chi connectivity index (χ3n) is 7.35. The molecule has 34 heavy (non-hydrogen) atoms. The van der Waals surface area contributed by atoms with Crippen LogP contribution in [0.2, 0.25) is 0 Å². The fourth-order valence-corrected chi connectivity index (χ4v) is 8.00. The highest BCUT2D eigenvalue weighted by atomic mass is 32.2. The number of unbranched alkanes of at least 4 members (excludes halogenated alkanes) is 3. The number of aliphatic hydroxyl groups is 1. The zero-order chi connectivity index (χ0) is 24.7. The first-order valence-electron chi connectivity index (χ1n) is 12.7. The van der Waals surface area contributed by atoms with Crippen LogP contribution in [-0.4, -0.2) is 81.6 Å². The first-order valence-corrected chi connectivity index (χ1v) is 13.6. The van der Waals surface area contributed by atoms with E-state index >= 15 is 0 Å². The van der Waals surface area contributed by atoms with Crippen molar-refractivity contribution >= 4 is 29.5 Å². The van der Waals surface area contributed by atoms with Crippen molar-refractivity contribution in [2.24, 2.45) is 11.8 Å². The fraction of sp³-hybridized carbons (Fsp3) is 0.731. The van der Waals surface area contributed by atoms with E-state index in [0.29, 0.717) is 45.5 Å². The van der Waals surface area contributed by atoms with Crippen molar-refractivity contribution in [1.82, 2.24) is 9.80 Å². The number of rotatable bonds is 15. The standard InChI is InChI=1S/C26H40N2O5S/c1-4-7-11-18-33-25(32)20-19-12-13-26(34-19)21(20)23(30)28(16-9-10-17-29)22(26)24(31)27(14-6-3)15-8-5-2/h4,6,19-22,29H,1,3,5,7-18H2,2H3/t19-,20+,21+,22?,26?/m1/s1. The van der Waals surface area contributed by atoms with Gasteiger partial charge in [0.15, 0.2) is 0 Å². The molecule has 2 bridgehead atoms. The maximum absolute atomic E-state index is 14.0. The number of allylic oxidation sites excluding steroid dienone is 1. The van der Waals surface area contributed by atoms with E-state index < -0.39 is 22.6 Å². The molecular formula is C26H40N2O5S. The lowest BCUT2D eigenvalue weighted by molar-refractivity contribution is -0.154. The molecule has 3 heterocycles. The molecule has 3 fully saturated rings. The summed E-state index contributed by atoms with van der Waals surface area (Å²) in [7, 11) is 0. The molecule has 3 aliphatic rings. The Labute approximate surface area is 208 Å². The van der Waals surface area contributed by atoms with E-state index in [0.717, 1.165) is 32.1 Å². The van der Waals surface area contributed by atoms with Crippen LogP contribution in [-0.2, 0) is 19.1 Å². The smallest absolute Gasteiger partial charge is 0.310 e. The Bertz CT molecular complexity index is 774. The number of ether oxygens (including phenoxy) is 1. The van der Waals surface area contributed by atoms with Gasteiger partial charge in [-0.25, -0.2) is 0 Å². The van der Waals surface area contributed by atoms with E-state index in [9.17, 15) is 19.5 Å². The minimum atomic E-state index is -0.589. The van der Waals surface area contributed by atoms with E-state index in [1.165, 1.54) is 0 Å². The molecule has 3 saturated heterocycles. The number of amides is 2. The van der Waals surface area contributed by atoms with Gasteiger partial charge in [0.1, 0.15) is 6.04 Å². The van der Waals surface area contributed by atoms with Crippen LogP contribution in [0.1, 0.15) is 58.3 Å². The van der Waals surface area contributed by atoms with Crippen LogP contribution in [0, 0.1) is 11.8 Å². The number of carbonyl (C=O) groups excluding carboxylic acids is 3. The van der Waals surface area contributed by atoms with Crippen LogP contribution < -0.4 is 0 Å². The van der Waals surface area contributed by atoms with Gasteiger partial charge in [-0.3, -0.25) is 14.4 Å². The summed E-state index contributed by atoms with van der Waals surface area (Å²) in [4.78, 5) is 44.4. The van der Waals surface area contributed by atoms with E-state index in [4.69, 9.17) is 4.74 Å². The molecule has 7 nitrogen and oxygen atoms in total. The minimum absolute atomic E-state index is 0.0132. The lowest BCUT2D eigenvalue weighted by Gasteiger charge is -2.37. The Kier molecular flexibility index (Phi) is 9.65. The van der Waals surface area contributed by atoms with Crippen molar-refractivity contribution in [3.63, 3.8) is 0 Å². The Balaban J connectivity index is 1.89. The highest BCUT2D eigenvalue weighted by Crippen LogP contribution is 2.66. The highest BCUT2D eigenvalue weighted by molar-refractivity contribution is 8.02. The monoisotopic (exact) mass is 492 g/mol. The number of nitrogens with zero attached hydrogens (tertiary/aromatic N) is 2. The van der Waals surface area contributed by atoms with Crippen LogP contribution >= 0.6 is 11.8 Å². The quantitative estimate of drug-likeness (QED) is 0.215. The molecule has 2 amide bonds. The van der Waals surface area contributed by atoms with Gasteiger partial charge < -0.3 is 19.6 Å². The lowest BCUT2D eigenvalue weighted by atomic mass is 9.71. The number of hydrogen-bond acceptors (Lipinski definition) is 6. The summed E-state index contributed by atoms with van der Waals surface area (Å²) in [5, 5.41) is 9.29. The zero-order valence-corrected chi connectivity index (χ0v) is 21.3. The maximum Gasteiger partial charge on any atom is 0.310 e. The average molecular weight is 493 g/mol. The van der Waals surface area contributed by atoms with Crippen molar-refractivity contribution in [1.29, 1.82) is 0 Å². The first kappa shape index (κ1) is 26.8. The van der Waals surface area contributed by atoms with Gasteiger partial charge in [-0.05, 0) is 44.9 Å². The molecule has 2 unspecified atom stereocenters. The molecule has 3 rings (SSSR count). The Hall–Kier alpha value is -1.80. The normalized spacial score (nSPS) is 29.2. The summed E-state index contributed by atoms with van der Waals surface area (Å²) in [5.41, 5.74) is 0. The molecule has 5 atom stereocenters. The molecule has 0 aromatic heterocycles. The highest BCUT2D eigenvalue weighted by Gasteiger charge is 2.74. The summed E-state index contributed by atoms with van der Waals surface area (Å²) in [5.74, 6) is -1.48. The summed E-state index contributed by atoms with van der Waals surface area (Å²) in [6.45, 7) is 11.5. The lowest BCUT2D eigenvalue weighted by Crippen LogP contribution is -2.55. The fourth-order valence-electron chi connectivity index (χ4n) is 5.80. The Morgan fingerprint density at radius 3 is 2.74 bits per heavy atom. The van der Waals surface area contributed by atoms with Crippen molar-refractivity contribution in [3.05, 3.63) is 25.3 Å². The molecule has 1 N–H and O–H groups in total. The maximum atomic E-state index is 14.0. The summed E-state index contributed by atoms with van der Waals surface area (Å²) in [6.07, 6.45) is 9.62. The van der Waals surface area contributed by atoms with E-state index in [1.807, 2.05) is 4.90 Å². The Morgan fingerprint density at radius 2 is 2.06 bits per heavy atom.